The summed E-state index contributed by atoms with van der Waals surface area (Å²) in [6.07, 6.45) is 4.62. The average molecular weight is 247 g/mol. The number of hydrogen-bond donors (Lipinski definition) is 1. The average Bonchev–Trinajstić information content (AvgIpc) is 2.88. The maximum atomic E-state index is 10.5. The molecule has 0 bridgehead atoms. The molecule has 98 valence electrons. The zero-order valence-electron chi connectivity index (χ0n) is 10.8. The summed E-state index contributed by atoms with van der Waals surface area (Å²) in [7, 11) is 0. The van der Waals surface area contributed by atoms with Crippen LogP contribution < -0.4 is 0 Å². The molecule has 0 radical (unpaired) electrons. The molecule has 2 rings (SSSR count). The summed E-state index contributed by atoms with van der Waals surface area (Å²) >= 11 is 0. The first kappa shape index (κ1) is 13.1. The second kappa shape index (κ2) is 6.55. The van der Waals surface area contributed by atoms with Gasteiger partial charge in [0.15, 0.2) is 0 Å². The summed E-state index contributed by atoms with van der Waals surface area (Å²) in [5.41, 5.74) is 2.46. The van der Waals surface area contributed by atoms with Gasteiger partial charge in [-0.25, -0.2) is 0 Å². The second-order valence-corrected chi connectivity index (χ2v) is 5.01. The Hall–Kier alpha value is -1.35. The number of carboxylic acids is 1. The van der Waals surface area contributed by atoms with E-state index in [0.717, 1.165) is 18.5 Å². The van der Waals surface area contributed by atoms with Crippen molar-refractivity contribution in [3.63, 3.8) is 0 Å². The Morgan fingerprint density at radius 1 is 1.06 bits per heavy atom. The second-order valence-electron chi connectivity index (χ2n) is 5.01. The summed E-state index contributed by atoms with van der Waals surface area (Å²) in [6, 6.07) is 8.38. The fraction of sp³-hybridized carbons (Fsp3) is 0.533. The fourth-order valence-electron chi connectivity index (χ4n) is 2.42. The number of hydrogen-bond acceptors (Lipinski definition) is 2. The summed E-state index contributed by atoms with van der Waals surface area (Å²) in [5.74, 6) is -0.729. The van der Waals surface area contributed by atoms with Crippen molar-refractivity contribution in [2.75, 3.05) is 19.6 Å². The molecule has 1 aromatic carbocycles. The number of nitrogens with zero attached hydrogens (tertiary/aromatic N) is 1. The summed E-state index contributed by atoms with van der Waals surface area (Å²) < 4.78 is 0. The van der Waals surface area contributed by atoms with Crippen molar-refractivity contribution >= 4 is 5.97 Å². The number of benzene rings is 1. The lowest BCUT2D eigenvalue weighted by Crippen LogP contribution is -2.21. The van der Waals surface area contributed by atoms with Gasteiger partial charge in [-0.1, -0.05) is 24.3 Å². The minimum absolute atomic E-state index is 0.215. The van der Waals surface area contributed by atoms with Crippen LogP contribution in [0.3, 0.4) is 0 Å². The van der Waals surface area contributed by atoms with E-state index in [0.29, 0.717) is 6.42 Å². The Morgan fingerprint density at radius 2 is 1.61 bits per heavy atom. The van der Waals surface area contributed by atoms with Crippen LogP contribution in [0.5, 0.6) is 0 Å². The van der Waals surface area contributed by atoms with Gasteiger partial charge in [0.05, 0.1) is 0 Å². The number of aryl methyl sites for hydroxylation is 1. The van der Waals surface area contributed by atoms with Gasteiger partial charge >= 0.3 is 5.97 Å². The van der Waals surface area contributed by atoms with E-state index in [2.05, 4.69) is 29.2 Å². The minimum atomic E-state index is -0.729. The zero-order chi connectivity index (χ0) is 12.8. The standard InChI is InChI=1S/C15H21NO2/c17-15(18)8-7-13-3-5-14(6-4-13)9-12-16-10-1-2-11-16/h3-6H,1-2,7-12H2,(H,17,18). The Bertz CT molecular complexity index is 380. The highest BCUT2D eigenvalue weighted by Crippen LogP contribution is 2.11. The van der Waals surface area contributed by atoms with E-state index in [1.165, 1.54) is 31.5 Å². The molecule has 18 heavy (non-hydrogen) atoms. The van der Waals surface area contributed by atoms with E-state index in [-0.39, 0.29) is 6.42 Å². The van der Waals surface area contributed by atoms with Crippen LogP contribution >= 0.6 is 0 Å². The van der Waals surface area contributed by atoms with Gasteiger partial charge < -0.3 is 10.0 Å². The Kier molecular flexibility index (Phi) is 4.76. The van der Waals surface area contributed by atoms with E-state index < -0.39 is 5.97 Å². The van der Waals surface area contributed by atoms with Crippen LogP contribution in [0.25, 0.3) is 0 Å². The van der Waals surface area contributed by atoms with Gasteiger partial charge in [0.1, 0.15) is 0 Å². The van der Waals surface area contributed by atoms with Gasteiger partial charge in [0.25, 0.3) is 0 Å². The molecule has 0 unspecified atom stereocenters. The van der Waals surface area contributed by atoms with Crippen molar-refractivity contribution in [2.45, 2.75) is 32.1 Å². The molecular weight excluding hydrogens is 226 g/mol. The van der Waals surface area contributed by atoms with Crippen LogP contribution in [0.2, 0.25) is 0 Å². The summed E-state index contributed by atoms with van der Waals surface area (Å²) in [5, 5.41) is 8.63. The monoisotopic (exact) mass is 247 g/mol. The molecule has 1 aliphatic heterocycles. The van der Waals surface area contributed by atoms with E-state index in [9.17, 15) is 4.79 Å². The minimum Gasteiger partial charge on any atom is -0.481 e. The Balaban J connectivity index is 1.77. The van der Waals surface area contributed by atoms with Crippen molar-refractivity contribution in [1.29, 1.82) is 0 Å². The molecule has 1 saturated heterocycles. The van der Waals surface area contributed by atoms with Crippen LogP contribution in [0.1, 0.15) is 30.4 Å². The molecule has 0 saturated carbocycles. The zero-order valence-corrected chi connectivity index (χ0v) is 10.8. The smallest absolute Gasteiger partial charge is 0.303 e. The molecule has 0 atom stereocenters. The van der Waals surface area contributed by atoms with Crippen LogP contribution in [-0.2, 0) is 17.6 Å². The molecule has 0 aromatic heterocycles. The number of aliphatic carboxylic acids is 1. The third kappa shape index (κ3) is 4.15. The molecule has 3 heteroatoms. The lowest BCUT2D eigenvalue weighted by Gasteiger charge is -2.14. The van der Waals surface area contributed by atoms with E-state index in [4.69, 9.17) is 5.11 Å². The van der Waals surface area contributed by atoms with Crippen LogP contribution in [0, 0.1) is 0 Å². The number of rotatable bonds is 6. The highest BCUT2D eigenvalue weighted by atomic mass is 16.4. The van der Waals surface area contributed by atoms with Crippen molar-refractivity contribution < 1.29 is 9.90 Å². The maximum absolute atomic E-state index is 10.5. The topological polar surface area (TPSA) is 40.5 Å². The van der Waals surface area contributed by atoms with E-state index in [1.54, 1.807) is 0 Å². The largest absolute Gasteiger partial charge is 0.481 e. The summed E-state index contributed by atoms with van der Waals surface area (Å²) in [4.78, 5) is 13.0. The van der Waals surface area contributed by atoms with E-state index >= 15 is 0 Å². The van der Waals surface area contributed by atoms with Gasteiger partial charge in [0.2, 0.25) is 0 Å². The van der Waals surface area contributed by atoms with Crippen molar-refractivity contribution in [2.24, 2.45) is 0 Å². The normalized spacial score (nSPS) is 16.0. The van der Waals surface area contributed by atoms with Crippen LogP contribution in [0.4, 0.5) is 0 Å². The Labute approximate surface area is 108 Å². The van der Waals surface area contributed by atoms with Crippen LogP contribution in [-0.4, -0.2) is 35.6 Å². The maximum Gasteiger partial charge on any atom is 0.303 e. The Morgan fingerprint density at radius 3 is 2.17 bits per heavy atom. The number of carbonyl (C=O) groups is 1. The molecular formula is C15H21NO2. The first-order chi connectivity index (χ1) is 8.74. The summed E-state index contributed by atoms with van der Waals surface area (Å²) in [6.45, 7) is 3.64. The molecule has 0 spiro atoms. The molecule has 1 N–H and O–H groups in total. The molecule has 1 fully saturated rings. The van der Waals surface area contributed by atoms with Gasteiger partial charge in [-0.3, -0.25) is 4.79 Å². The predicted octanol–water partition coefficient (Wildman–Crippen LogP) is 2.34. The lowest BCUT2D eigenvalue weighted by atomic mass is 10.1. The predicted molar refractivity (Wildman–Crippen MR) is 71.8 cm³/mol. The lowest BCUT2D eigenvalue weighted by molar-refractivity contribution is -0.136. The third-order valence-electron chi connectivity index (χ3n) is 3.57. The first-order valence-electron chi connectivity index (χ1n) is 6.76. The number of carboxylic acid groups (broad SMARTS) is 1. The molecule has 1 aromatic rings. The molecule has 0 amide bonds. The fourth-order valence-corrected chi connectivity index (χ4v) is 2.42. The molecule has 3 nitrogen and oxygen atoms in total. The molecule has 1 heterocycles. The van der Waals surface area contributed by atoms with Crippen molar-refractivity contribution in [3.05, 3.63) is 35.4 Å². The highest BCUT2D eigenvalue weighted by molar-refractivity contribution is 5.67. The van der Waals surface area contributed by atoms with Gasteiger partial charge in [-0.15, -0.1) is 0 Å². The SMILES string of the molecule is O=C(O)CCc1ccc(CCN2CCCC2)cc1. The van der Waals surface area contributed by atoms with Crippen molar-refractivity contribution in [1.82, 2.24) is 4.90 Å². The van der Waals surface area contributed by atoms with Gasteiger partial charge in [-0.05, 0) is 49.9 Å². The van der Waals surface area contributed by atoms with Gasteiger partial charge in [-0.2, -0.15) is 0 Å². The highest BCUT2D eigenvalue weighted by Gasteiger charge is 2.10. The van der Waals surface area contributed by atoms with Crippen LogP contribution in [0.15, 0.2) is 24.3 Å². The van der Waals surface area contributed by atoms with Crippen molar-refractivity contribution in [3.8, 4) is 0 Å². The third-order valence-corrected chi connectivity index (χ3v) is 3.57. The molecule has 0 aliphatic carbocycles. The molecule has 1 aliphatic rings. The van der Waals surface area contributed by atoms with Gasteiger partial charge in [0, 0.05) is 13.0 Å². The van der Waals surface area contributed by atoms with E-state index in [1.807, 2.05) is 0 Å². The number of likely N-dealkylation sites (tertiary alicyclic amines) is 1. The quantitative estimate of drug-likeness (QED) is 0.839. The first-order valence-corrected chi connectivity index (χ1v) is 6.76.